The average molecular weight is 387 g/mol. The molecule has 7 nitrogen and oxygen atoms in total. The van der Waals surface area contributed by atoms with E-state index < -0.39 is 5.91 Å². The normalized spacial score (nSPS) is 10.9. The van der Waals surface area contributed by atoms with Crippen LogP contribution in [0.25, 0.3) is 0 Å². The fourth-order valence-corrected chi connectivity index (χ4v) is 2.26. The van der Waals surface area contributed by atoms with E-state index in [9.17, 15) is 14.4 Å². The first-order valence-electron chi connectivity index (χ1n) is 8.10. The van der Waals surface area contributed by atoms with Gasteiger partial charge in [-0.3, -0.25) is 14.4 Å². The maximum absolute atomic E-state index is 12.1. The van der Waals surface area contributed by atoms with E-state index in [1.54, 1.807) is 55.5 Å². The third-order valence-corrected chi connectivity index (χ3v) is 3.61. The molecule has 3 amide bonds. The van der Waals surface area contributed by atoms with Crippen LogP contribution in [0.15, 0.2) is 53.6 Å². The lowest BCUT2D eigenvalue weighted by Gasteiger charge is -2.06. The molecule has 8 heteroatoms. The van der Waals surface area contributed by atoms with Crippen molar-refractivity contribution in [1.29, 1.82) is 0 Å². The zero-order valence-electron chi connectivity index (χ0n) is 14.9. The second-order valence-corrected chi connectivity index (χ2v) is 6.21. The number of anilines is 2. The molecule has 0 unspecified atom stereocenters. The van der Waals surface area contributed by atoms with Gasteiger partial charge in [-0.05, 0) is 55.5 Å². The third kappa shape index (κ3) is 6.91. The van der Waals surface area contributed by atoms with Gasteiger partial charge < -0.3 is 10.6 Å². The maximum atomic E-state index is 12.1. The van der Waals surface area contributed by atoms with Gasteiger partial charge in [-0.25, -0.2) is 5.43 Å². The molecule has 3 N–H and O–H groups in total. The van der Waals surface area contributed by atoms with Gasteiger partial charge in [-0.1, -0.05) is 11.6 Å². The number of hydrazone groups is 1. The summed E-state index contributed by atoms with van der Waals surface area (Å²) in [5.41, 5.74) is 4.45. The van der Waals surface area contributed by atoms with Crippen molar-refractivity contribution in [2.45, 2.75) is 20.3 Å². The topological polar surface area (TPSA) is 99.7 Å². The molecule has 0 aliphatic carbocycles. The van der Waals surface area contributed by atoms with Crippen molar-refractivity contribution in [3.05, 3.63) is 59.1 Å². The summed E-state index contributed by atoms with van der Waals surface area (Å²) in [6.45, 7) is 3.04. The van der Waals surface area contributed by atoms with E-state index in [0.29, 0.717) is 27.7 Å². The van der Waals surface area contributed by atoms with Crippen LogP contribution in [0.2, 0.25) is 5.02 Å². The Bertz CT molecular complexity index is 862. The Balaban J connectivity index is 1.86. The molecule has 0 heterocycles. The Morgan fingerprint density at radius 1 is 0.889 bits per heavy atom. The van der Waals surface area contributed by atoms with Crippen LogP contribution in [0, 0.1) is 0 Å². The van der Waals surface area contributed by atoms with Crippen molar-refractivity contribution < 1.29 is 14.4 Å². The van der Waals surface area contributed by atoms with Gasteiger partial charge in [0.15, 0.2) is 0 Å². The molecule has 2 aromatic rings. The number of halogens is 1. The van der Waals surface area contributed by atoms with Crippen molar-refractivity contribution in [2.75, 3.05) is 10.6 Å². The lowest BCUT2D eigenvalue weighted by atomic mass is 10.2. The van der Waals surface area contributed by atoms with Crippen LogP contribution in [0.4, 0.5) is 11.4 Å². The highest BCUT2D eigenvalue weighted by Crippen LogP contribution is 2.13. The fourth-order valence-electron chi connectivity index (χ4n) is 2.13. The van der Waals surface area contributed by atoms with Gasteiger partial charge in [0.05, 0.1) is 6.42 Å². The Morgan fingerprint density at radius 3 is 2.04 bits per heavy atom. The van der Waals surface area contributed by atoms with E-state index in [4.69, 9.17) is 11.6 Å². The monoisotopic (exact) mass is 386 g/mol. The number of nitrogens with one attached hydrogen (secondary N) is 3. The maximum Gasteiger partial charge on any atom is 0.271 e. The van der Waals surface area contributed by atoms with E-state index in [-0.39, 0.29) is 18.2 Å². The SMILES string of the molecule is CC(=O)Nc1ccc(C(=O)NN=C(C)CC(=O)Nc2ccc(Cl)cc2)cc1. The number of nitrogens with zero attached hydrogens (tertiary/aromatic N) is 1. The number of amides is 3. The van der Waals surface area contributed by atoms with Gasteiger partial charge in [0.2, 0.25) is 11.8 Å². The van der Waals surface area contributed by atoms with E-state index in [2.05, 4.69) is 21.2 Å². The van der Waals surface area contributed by atoms with Gasteiger partial charge in [0.25, 0.3) is 5.91 Å². The predicted octanol–water partition coefficient (Wildman–Crippen LogP) is 3.43. The standard InChI is InChI=1S/C19H19ClN4O3/c1-12(11-18(26)22-17-9-5-15(20)6-10-17)23-24-19(27)14-3-7-16(8-4-14)21-13(2)25/h3-10H,11H2,1-2H3,(H,21,25)(H,22,26)(H,24,27). The molecule has 0 radical (unpaired) electrons. The Hall–Kier alpha value is -3.19. The molecule has 2 rings (SSSR count). The second-order valence-electron chi connectivity index (χ2n) is 5.78. The van der Waals surface area contributed by atoms with Crippen molar-refractivity contribution in [2.24, 2.45) is 5.10 Å². The molecule has 0 fully saturated rings. The predicted molar refractivity (Wildman–Crippen MR) is 106 cm³/mol. The number of benzene rings is 2. The first-order valence-corrected chi connectivity index (χ1v) is 8.48. The lowest BCUT2D eigenvalue weighted by molar-refractivity contribution is -0.115. The molecular weight excluding hydrogens is 368 g/mol. The summed E-state index contributed by atoms with van der Waals surface area (Å²) in [5.74, 6) is -0.862. The molecular formula is C19H19ClN4O3. The van der Waals surface area contributed by atoms with E-state index in [0.717, 1.165) is 0 Å². The van der Waals surface area contributed by atoms with Gasteiger partial charge >= 0.3 is 0 Å². The van der Waals surface area contributed by atoms with Crippen molar-refractivity contribution in [3.63, 3.8) is 0 Å². The molecule has 0 spiro atoms. The van der Waals surface area contributed by atoms with Crippen LogP contribution in [0.3, 0.4) is 0 Å². The van der Waals surface area contributed by atoms with Crippen LogP contribution in [-0.4, -0.2) is 23.4 Å². The number of rotatable bonds is 6. The Kier molecular flexibility index (Phi) is 7.08. The van der Waals surface area contributed by atoms with Gasteiger partial charge in [-0.2, -0.15) is 5.10 Å². The summed E-state index contributed by atoms with van der Waals surface area (Å²) in [5, 5.41) is 9.85. The minimum absolute atomic E-state index is 0.0321. The van der Waals surface area contributed by atoms with Crippen LogP contribution in [-0.2, 0) is 9.59 Å². The van der Waals surface area contributed by atoms with Crippen LogP contribution >= 0.6 is 11.6 Å². The molecule has 0 bridgehead atoms. The highest BCUT2D eigenvalue weighted by molar-refractivity contribution is 6.30. The zero-order chi connectivity index (χ0) is 19.8. The first-order chi connectivity index (χ1) is 12.8. The van der Waals surface area contributed by atoms with Crippen molar-refractivity contribution >= 4 is 46.4 Å². The van der Waals surface area contributed by atoms with Gasteiger partial charge in [0, 0.05) is 34.6 Å². The van der Waals surface area contributed by atoms with E-state index in [1.165, 1.54) is 6.92 Å². The molecule has 0 atom stereocenters. The molecule has 0 saturated carbocycles. The third-order valence-electron chi connectivity index (χ3n) is 3.36. The summed E-state index contributed by atoms with van der Waals surface area (Å²) in [7, 11) is 0. The molecule has 0 aromatic heterocycles. The van der Waals surface area contributed by atoms with Gasteiger partial charge in [0.1, 0.15) is 0 Å². The fraction of sp³-hybridized carbons (Fsp3) is 0.158. The lowest BCUT2D eigenvalue weighted by Crippen LogP contribution is -2.21. The summed E-state index contributed by atoms with van der Waals surface area (Å²) in [6, 6.07) is 13.1. The molecule has 0 aliphatic rings. The second kappa shape index (κ2) is 9.49. The van der Waals surface area contributed by atoms with E-state index >= 15 is 0 Å². The largest absolute Gasteiger partial charge is 0.326 e. The molecule has 0 saturated heterocycles. The number of carbonyl (C=O) groups is 3. The summed E-state index contributed by atoms with van der Waals surface area (Å²) >= 11 is 5.79. The van der Waals surface area contributed by atoms with Crippen LogP contribution < -0.4 is 16.1 Å². The minimum Gasteiger partial charge on any atom is -0.326 e. The summed E-state index contributed by atoms with van der Waals surface area (Å²) in [6.07, 6.45) is 0.0321. The number of carbonyl (C=O) groups excluding carboxylic acids is 3. The number of hydrogen-bond donors (Lipinski definition) is 3. The van der Waals surface area contributed by atoms with Crippen LogP contribution in [0.5, 0.6) is 0 Å². The molecule has 140 valence electrons. The molecule has 0 aliphatic heterocycles. The zero-order valence-corrected chi connectivity index (χ0v) is 15.6. The first kappa shape index (κ1) is 20.1. The average Bonchev–Trinajstić information content (AvgIpc) is 2.61. The van der Waals surface area contributed by atoms with E-state index in [1.807, 2.05) is 0 Å². The van der Waals surface area contributed by atoms with Crippen molar-refractivity contribution in [1.82, 2.24) is 5.43 Å². The van der Waals surface area contributed by atoms with Gasteiger partial charge in [-0.15, -0.1) is 0 Å². The molecule has 2 aromatic carbocycles. The smallest absolute Gasteiger partial charge is 0.271 e. The van der Waals surface area contributed by atoms with Crippen molar-refractivity contribution in [3.8, 4) is 0 Å². The Morgan fingerprint density at radius 2 is 1.44 bits per heavy atom. The number of hydrogen-bond acceptors (Lipinski definition) is 4. The highest BCUT2D eigenvalue weighted by atomic mass is 35.5. The Labute approximate surface area is 161 Å². The van der Waals surface area contributed by atoms with Crippen LogP contribution in [0.1, 0.15) is 30.6 Å². The summed E-state index contributed by atoms with van der Waals surface area (Å²) < 4.78 is 0. The minimum atomic E-state index is -0.415. The summed E-state index contributed by atoms with van der Waals surface area (Å²) in [4.78, 5) is 35.0. The highest BCUT2D eigenvalue weighted by Gasteiger charge is 2.07. The molecule has 27 heavy (non-hydrogen) atoms. The quantitative estimate of drug-likeness (QED) is 0.523.